The number of halogens is 1. The lowest BCUT2D eigenvalue weighted by Crippen LogP contribution is -2.34. The standard InChI is InChI=1S/C18H18FNO4/c1-22-14-9-7-13(8-10-14)20-12-18(11-19,24-17(20)21)15-5-3-4-6-16(15)23-2/h3-10H,11-12H2,1-2H3/t18-/m1/s1. The molecule has 6 heteroatoms. The van der Waals surface area contributed by atoms with Crippen LogP contribution in [0.4, 0.5) is 14.9 Å². The Balaban J connectivity index is 1.96. The molecule has 5 nitrogen and oxygen atoms in total. The summed E-state index contributed by atoms with van der Waals surface area (Å²) in [6.07, 6.45) is -0.594. The monoisotopic (exact) mass is 331 g/mol. The van der Waals surface area contributed by atoms with Crippen molar-refractivity contribution >= 4 is 11.8 Å². The molecule has 24 heavy (non-hydrogen) atoms. The second-order valence-electron chi connectivity index (χ2n) is 5.48. The maximum atomic E-state index is 14.0. The molecule has 3 rings (SSSR count). The van der Waals surface area contributed by atoms with E-state index in [2.05, 4.69) is 0 Å². The highest BCUT2D eigenvalue weighted by Gasteiger charge is 2.49. The first-order chi connectivity index (χ1) is 11.6. The third-order valence-corrected chi connectivity index (χ3v) is 4.11. The molecule has 0 aromatic heterocycles. The van der Waals surface area contributed by atoms with Crippen LogP contribution in [0.5, 0.6) is 11.5 Å². The van der Waals surface area contributed by atoms with Gasteiger partial charge in [-0.05, 0) is 30.3 Å². The predicted octanol–water partition coefficient (Wildman–Crippen LogP) is 3.53. The first-order valence-corrected chi connectivity index (χ1v) is 7.47. The SMILES string of the molecule is COc1ccc(N2C[C@](CF)(c3ccccc3OC)OC2=O)cc1. The van der Waals surface area contributed by atoms with Crippen LogP contribution in [0.3, 0.4) is 0 Å². The maximum absolute atomic E-state index is 14.0. The molecule has 0 N–H and O–H groups in total. The number of hydrogen-bond donors (Lipinski definition) is 0. The molecule has 1 amide bonds. The number of carbonyl (C=O) groups is 1. The molecule has 0 bridgehead atoms. The highest BCUT2D eigenvalue weighted by molar-refractivity contribution is 5.90. The summed E-state index contributed by atoms with van der Waals surface area (Å²) in [5, 5.41) is 0. The van der Waals surface area contributed by atoms with Gasteiger partial charge in [0, 0.05) is 11.3 Å². The van der Waals surface area contributed by atoms with Crippen molar-refractivity contribution in [2.24, 2.45) is 0 Å². The lowest BCUT2D eigenvalue weighted by Gasteiger charge is -2.25. The molecule has 0 aliphatic carbocycles. The Bertz CT molecular complexity index is 734. The number of anilines is 1. The molecule has 1 aliphatic heterocycles. The van der Waals surface area contributed by atoms with Crippen LogP contribution in [0.2, 0.25) is 0 Å². The molecule has 1 atom stereocenters. The molecule has 2 aromatic carbocycles. The third-order valence-electron chi connectivity index (χ3n) is 4.11. The van der Waals surface area contributed by atoms with E-state index in [1.54, 1.807) is 55.6 Å². The summed E-state index contributed by atoms with van der Waals surface area (Å²) in [5.41, 5.74) is -0.255. The Morgan fingerprint density at radius 1 is 1.12 bits per heavy atom. The van der Waals surface area contributed by atoms with Gasteiger partial charge in [0.1, 0.15) is 18.2 Å². The number of benzene rings is 2. The Kier molecular flexibility index (Phi) is 4.29. The molecular weight excluding hydrogens is 313 g/mol. The fraction of sp³-hybridized carbons (Fsp3) is 0.278. The number of rotatable bonds is 5. The van der Waals surface area contributed by atoms with Gasteiger partial charge in [-0.1, -0.05) is 18.2 Å². The van der Waals surface area contributed by atoms with E-state index in [0.29, 0.717) is 22.7 Å². The molecule has 1 saturated heterocycles. The minimum atomic E-state index is -1.39. The van der Waals surface area contributed by atoms with Gasteiger partial charge >= 0.3 is 6.09 Å². The molecule has 0 spiro atoms. The van der Waals surface area contributed by atoms with Crippen molar-refractivity contribution in [3.63, 3.8) is 0 Å². The van der Waals surface area contributed by atoms with Gasteiger partial charge in [-0.2, -0.15) is 0 Å². The first-order valence-electron chi connectivity index (χ1n) is 7.47. The second kappa shape index (κ2) is 6.39. The number of alkyl halides is 1. The number of cyclic esters (lactones) is 1. The van der Waals surface area contributed by atoms with E-state index in [1.807, 2.05) is 0 Å². The van der Waals surface area contributed by atoms with Crippen molar-refractivity contribution in [2.75, 3.05) is 32.3 Å². The minimum absolute atomic E-state index is 0.0645. The average Bonchev–Trinajstić information content (AvgIpc) is 2.99. The van der Waals surface area contributed by atoms with E-state index in [1.165, 1.54) is 12.0 Å². The lowest BCUT2D eigenvalue weighted by molar-refractivity contribution is 0.0305. The summed E-state index contributed by atoms with van der Waals surface area (Å²) in [4.78, 5) is 13.7. The summed E-state index contributed by atoms with van der Waals surface area (Å²) in [6.45, 7) is -0.777. The number of methoxy groups -OCH3 is 2. The number of carbonyl (C=O) groups excluding carboxylic acids is 1. The molecule has 1 fully saturated rings. The Hall–Kier alpha value is -2.76. The lowest BCUT2D eigenvalue weighted by atomic mass is 9.94. The molecule has 0 saturated carbocycles. The quantitative estimate of drug-likeness (QED) is 0.841. The summed E-state index contributed by atoms with van der Waals surface area (Å²) >= 11 is 0. The molecule has 1 heterocycles. The van der Waals surface area contributed by atoms with Gasteiger partial charge in [0.25, 0.3) is 0 Å². The van der Waals surface area contributed by atoms with Crippen LogP contribution in [0.25, 0.3) is 0 Å². The van der Waals surface area contributed by atoms with Crippen molar-refractivity contribution in [1.82, 2.24) is 0 Å². The van der Waals surface area contributed by atoms with Crippen LogP contribution in [0.1, 0.15) is 5.56 Å². The number of nitrogens with zero attached hydrogens (tertiary/aromatic N) is 1. The number of amides is 1. The number of para-hydroxylation sites is 1. The Morgan fingerprint density at radius 2 is 1.83 bits per heavy atom. The summed E-state index contributed by atoms with van der Waals surface area (Å²) in [5.74, 6) is 1.16. The van der Waals surface area contributed by atoms with Crippen LogP contribution in [0, 0.1) is 0 Å². The highest BCUT2D eigenvalue weighted by Crippen LogP contribution is 2.40. The fourth-order valence-corrected chi connectivity index (χ4v) is 2.84. The fourth-order valence-electron chi connectivity index (χ4n) is 2.84. The minimum Gasteiger partial charge on any atom is -0.497 e. The predicted molar refractivity (Wildman–Crippen MR) is 87.5 cm³/mol. The van der Waals surface area contributed by atoms with E-state index in [4.69, 9.17) is 14.2 Å². The van der Waals surface area contributed by atoms with Gasteiger partial charge in [0.2, 0.25) is 0 Å². The molecule has 0 radical (unpaired) electrons. The normalized spacial score (nSPS) is 20.0. The molecule has 126 valence electrons. The van der Waals surface area contributed by atoms with Gasteiger partial charge in [0.05, 0.1) is 20.8 Å². The van der Waals surface area contributed by atoms with Crippen LogP contribution in [-0.4, -0.2) is 33.5 Å². The van der Waals surface area contributed by atoms with E-state index >= 15 is 0 Å². The van der Waals surface area contributed by atoms with Crippen LogP contribution in [-0.2, 0) is 10.3 Å². The van der Waals surface area contributed by atoms with Crippen molar-refractivity contribution in [1.29, 1.82) is 0 Å². The third kappa shape index (κ3) is 2.64. The summed E-state index contributed by atoms with van der Waals surface area (Å²) in [6, 6.07) is 13.9. The number of ether oxygens (including phenoxy) is 3. The van der Waals surface area contributed by atoms with Crippen molar-refractivity contribution in [2.45, 2.75) is 5.60 Å². The average molecular weight is 331 g/mol. The largest absolute Gasteiger partial charge is 0.497 e. The highest BCUT2D eigenvalue weighted by atomic mass is 19.1. The first kappa shape index (κ1) is 16.1. The summed E-state index contributed by atoms with van der Waals surface area (Å²) in [7, 11) is 3.07. The van der Waals surface area contributed by atoms with Crippen molar-refractivity contribution in [3.05, 3.63) is 54.1 Å². The van der Waals surface area contributed by atoms with Crippen LogP contribution < -0.4 is 14.4 Å². The van der Waals surface area contributed by atoms with Crippen LogP contribution >= 0.6 is 0 Å². The van der Waals surface area contributed by atoms with E-state index in [-0.39, 0.29) is 6.54 Å². The smallest absolute Gasteiger partial charge is 0.415 e. The summed E-state index contributed by atoms with van der Waals surface area (Å²) < 4.78 is 29.8. The molecule has 0 unspecified atom stereocenters. The molecular formula is C18H18FNO4. The van der Waals surface area contributed by atoms with Crippen LogP contribution in [0.15, 0.2) is 48.5 Å². The topological polar surface area (TPSA) is 48.0 Å². The zero-order chi connectivity index (χ0) is 17.2. The maximum Gasteiger partial charge on any atom is 0.415 e. The van der Waals surface area contributed by atoms with Gasteiger partial charge in [-0.25, -0.2) is 9.18 Å². The zero-order valence-electron chi connectivity index (χ0n) is 13.5. The Morgan fingerprint density at radius 3 is 2.46 bits per heavy atom. The molecule has 1 aliphatic rings. The zero-order valence-corrected chi connectivity index (χ0v) is 13.5. The van der Waals surface area contributed by atoms with Crippen molar-refractivity contribution in [3.8, 4) is 11.5 Å². The van der Waals surface area contributed by atoms with Gasteiger partial charge in [-0.3, -0.25) is 4.90 Å². The van der Waals surface area contributed by atoms with E-state index in [0.717, 1.165) is 0 Å². The molecule has 2 aromatic rings. The number of hydrogen-bond acceptors (Lipinski definition) is 4. The van der Waals surface area contributed by atoms with Gasteiger partial charge < -0.3 is 14.2 Å². The second-order valence-corrected chi connectivity index (χ2v) is 5.48. The van der Waals surface area contributed by atoms with Gasteiger partial charge in [-0.15, -0.1) is 0 Å². The van der Waals surface area contributed by atoms with E-state index < -0.39 is 18.4 Å². The van der Waals surface area contributed by atoms with Crippen molar-refractivity contribution < 1.29 is 23.4 Å². The van der Waals surface area contributed by atoms with Gasteiger partial charge in [0.15, 0.2) is 5.60 Å². The Labute approximate surface area is 139 Å². The van der Waals surface area contributed by atoms with E-state index in [9.17, 15) is 9.18 Å².